The summed E-state index contributed by atoms with van der Waals surface area (Å²) in [6, 6.07) is 6.20. The Morgan fingerprint density at radius 2 is 0.877 bits per heavy atom. The van der Waals surface area contributed by atoms with Crippen LogP contribution in [0.4, 0.5) is 23.3 Å². The first kappa shape index (κ1) is 68.6. The molecule has 3 saturated heterocycles. The minimum absolute atomic E-state index is 0. The van der Waals surface area contributed by atoms with Crippen molar-refractivity contribution in [3.8, 4) is 0 Å². The molecule has 3 amide bonds. The highest BCUT2D eigenvalue weighted by atomic mass is 79.9. The number of anilines is 4. The maximum absolute atomic E-state index is 12.4. The second-order valence-corrected chi connectivity index (χ2v) is 20.4. The topological polar surface area (TPSA) is 381 Å². The number of amides is 3. The van der Waals surface area contributed by atoms with Crippen molar-refractivity contribution in [1.29, 1.82) is 0 Å². The number of pyridine rings is 4. The molecule has 0 aromatic carbocycles. The summed E-state index contributed by atoms with van der Waals surface area (Å²) in [5.41, 5.74) is 24.0. The molecule has 4 aromatic heterocycles. The van der Waals surface area contributed by atoms with Crippen molar-refractivity contribution < 1.29 is 57.9 Å². The van der Waals surface area contributed by atoms with Gasteiger partial charge in [0.2, 0.25) is 0 Å². The van der Waals surface area contributed by atoms with Gasteiger partial charge in [-0.25, -0.2) is 34.3 Å². The van der Waals surface area contributed by atoms with Crippen LogP contribution in [-0.4, -0.2) is 204 Å². The second-order valence-electron chi connectivity index (χ2n) is 18.5. The molecule has 0 unspecified atom stereocenters. The molecule has 81 heavy (non-hydrogen) atoms. The van der Waals surface area contributed by atoms with Crippen molar-refractivity contribution in [3.63, 3.8) is 0 Å². The van der Waals surface area contributed by atoms with Crippen molar-refractivity contribution >= 4 is 120 Å². The van der Waals surface area contributed by atoms with Crippen molar-refractivity contribution in [2.24, 2.45) is 0 Å². The fraction of sp³-hybridized carbons (Fsp3) is 0.423. The number of aromatic carboxylic acids is 1. The van der Waals surface area contributed by atoms with E-state index in [1.165, 1.54) is 42.9 Å². The van der Waals surface area contributed by atoms with E-state index in [9.17, 15) is 28.8 Å². The molecule has 442 valence electrons. The normalized spacial score (nSPS) is 14.8. The Morgan fingerprint density at radius 1 is 0.556 bits per heavy atom. The molecule has 26 nitrogen and oxygen atoms in total. The van der Waals surface area contributed by atoms with Gasteiger partial charge in [0.25, 0.3) is 17.7 Å². The number of esters is 1. The lowest BCUT2D eigenvalue weighted by Gasteiger charge is -2.26. The van der Waals surface area contributed by atoms with Crippen LogP contribution in [0.2, 0.25) is 0 Å². The van der Waals surface area contributed by atoms with Crippen molar-refractivity contribution in [2.45, 2.75) is 26.4 Å². The van der Waals surface area contributed by atoms with Gasteiger partial charge in [-0.3, -0.25) is 29.1 Å². The summed E-state index contributed by atoms with van der Waals surface area (Å²) < 4.78 is 22.4. The number of morpholine rings is 3. The lowest BCUT2D eigenvalue weighted by atomic mass is 10.1. The zero-order valence-electron chi connectivity index (χ0n) is 45.2. The van der Waals surface area contributed by atoms with E-state index in [1.54, 1.807) is 45.2 Å². The maximum atomic E-state index is 12.4. The molecular formula is C52H71Br3N14O12. The standard InChI is InChI=1S/C19H28N4O4.C15H20N4O4.C12H17BrN4O2.C6H5BrN2O2.BrH/c1-19(2,3)27-16(24)5-4-14-12-15(17(20)22-13-14)18(25)21-6-7-23-8-10-26-11-9-23;16-14-12(9-11(10-18-14)1-2-13(20)21)15(22)17-3-4-19-5-7-23-8-6-19;13-9-7-10(11(14)16-8-9)12(18)15-1-2-17-3-5-19-6-4-17;7-3-1-4(6(10)11)5(8)9-2-3;/h4-5,12-13H,6-11H2,1-3H3,(H2,20,22)(H,21,25);1-2,9-10H,3-8H2,(H2,16,18)(H,17,22)(H,20,21);7-8H,1-6H2,(H2,14,16)(H,15,18);1-2H,(H2,8,9)(H,10,11);1H/b5-4+;2-1+;;;. The molecule has 7 rings (SSSR count). The first-order chi connectivity index (χ1) is 38.1. The van der Waals surface area contributed by atoms with Crippen LogP contribution in [0.15, 0.2) is 70.2 Å². The highest BCUT2D eigenvalue weighted by Gasteiger charge is 2.18. The molecule has 0 bridgehead atoms. The number of carbonyl (C=O) groups is 6. The molecule has 3 aliphatic rings. The number of carboxylic acids is 2. The van der Waals surface area contributed by atoms with Gasteiger partial charge in [-0.05, 0) is 100 Å². The van der Waals surface area contributed by atoms with E-state index >= 15 is 0 Å². The lowest BCUT2D eigenvalue weighted by molar-refractivity contribution is -0.148. The van der Waals surface area contributed by atoms with Gasteiger partial charge >= 0.3 is 17.9 Å². The molecule has 7 heterocycles. The van der Waals surface area contributed by atoms with E-state index in [-0.39, 0.29) is 74.7 Å². The number of nitrogen functional groups attached to an aromatic ring is 4. The molecule has 29 heteroatoms. The van der Waals surface area contributed by atoms with Crippen LogP contribution in [0.3, 0.4) is 0 Å². The number of halogens is 3. The summed E-state index contributed by atoms with van der Waals surface area (Å²) in [6.07, 6.45) is 11.1. The number of hydrogen-bond donors (Lipinski definition) is 9. The Balaban J connectivity index is 0.000000293. The van der Waals surface area contributed by atoms with Crippen LogP contribution in [0, 0.1) is 0 Å². The largest absolute Gasteiger partial charge is 0.478 e. The summed E-state index contributed by atoms with van der Waals surface area (Å²) in [7, 11) is 0. The van der Waals surface area contributed by atoms with E-state index in [0.717, 1.165) is 95.9 Å². The summed E-state index contributed by atoms with van der Waals surface area (Å²) in [4.78, 5) is 91.5. The number of nitrogens with one attached hydrogen (secondary N) is 3. The Morgan fingerprint density at radius 3 is 1.21 bits per heavy atom. The molecule has 13 N–H and O–H groups in total. The Kier molecular flexibility index (Phi) is 30.4. The number of aromatic nitrogens is 4. The number of aliphatic carboxylic acids is 1. The Labute approximate surface area is 496 Å². The van der Waals surface area contributed by atoms with Gasteiger partial charge in [-0.2, -0.15) is 0 Å². The van der Waals surface area contributed by atoms with Crippen LogP contribution in [0.1, 0.15) is 73.3 Å². The molecule has 0 saturated carbocycles. The number of rotatable bonds is 17. The van der Waals surface area contributed by atoms with Crippen LogP contribution in [-0.2, 0) is 28.5 Å². The SMILES string of the molecule is Br.CC(C)(C)OC(=O)/C=C/c1cnc(N)c(C(=O)NCCN2CCOCC2)c1.Nc1ncc(/C=C/C(=O)O)cc1C(=O)NCCN1CCOCC1.Nc1ncc(Br)cc1C(=O)NCCN1CCOCC1.Nc1ncc(Br)cc1C(=O)O. The Hall–Kier alpha value is -6.70. The number of nitrogens with two attached hydrogens (primary N) is 4. The van der Waals surface area contributed by atoms with Gasteiger partial charge in [0.15, 0.2) is 0 Å². The fourth-order valence-electron chi connectivity index (χ4n) is 7.19. The highest BCUT2D eigenvalue weighted by Crippen LogP contribution is 2.18. The lowest BCUT2D eigenvalue weighted by Crippen LogP contribution is -2.41. The quantitative estimate of drug-likeness (QED) is 0.0542. The van der Waals surface area contributed by atoms with E-state index in [1.807, 2.05) is 0 Å². The molecular weight excluding hydrogens is 1250 g/mol. The predicted molar refractivity (Wildman–Crippen MR) is 318 cm³/mol. The monoisotopic (exact) mass is 1320 g/mol. The summed E-state index contributed by atoms with van der Waals surface area (Å²) in [6.45, 7) is 18.9. The maximum Gasteiger partial charge on any atom is 0.339 e. The van der Waals surface area contributed by atoms with Crippen molar-refractivity contribution in [2.75, 3.05) is 141 Å². The molecule has 3 aliphatic heterocycles. The van der Waals surface area contributed by atoms with Gasteiger partial charge < -0.3 is 68.0 Å². The first-order valence-electron chi connectivity index (χ1n) is 25.2. The summed E-state index contributed by atoms with van der Waals surface area (Å²) in [5, 5.41) is 25.7. The minimum Gasteiger partial charge on any atom is -0.478 e. The molecule has 0 spiro atoms. The van der Waals surface area contributed by atoms with Crippen LogP contribution in [0.25, 0.3) is 12.2 Å². The van der Waals surface area contributed by atoms with Crippen LogP contribution < -0.4 is 38.9 Å². The number of ether oxygens (including phenoxy) is 4. The number of carboxylic acid groups (broad SMARTS) is 2. The molecule has 0 radical (unpaired) electrons. The average molecular weight is 1320 g/mol. The van der Waals surface area contributed by atoms with E-state index in [4.69, 9.17) is 52.1 Å². The molecule has 4 aromatic rings. The van der Waals surface area contributed by atoms with Gasteiger partial charge in [-0.1, -0.05) is 0 Å². The third-order valence-electron chi connectivity index (χ3n) is 11.3. The average Bonchev–Trinajstić information content (AvgIpc) is 3.44. The second kappa shape index (κ2) is 35.9. The number of hydrogen-bond acceptors (Lipinski definition) is 21. The zero-order chi connectivity index (χ0) is 58.6. The summed E-state index contributed by atoms with van der Waals surface area (Å²) >= 11 is 6.36. The number of nitrogens with zero attached hydrogens (tertiary/aromatic N) is 7. The van der Waals surface area contributed by atoms with Gasteiger partial charge in [0.05, 0.1) is 56.3 Å². The zero-order valence-corrected chi connectivity index (χ0v) is 50.1. The van der Waals surface area contributed by atoms with Gasteiger partial charge in [-0.15, -0.1) is 17.0 Å². The smallest absolute Gasteiger partial charge is 0.339 e. The molecule has 3 fully saturated rings. The highest BCUT2D eigenvalue weighted by molar-refractivity contribution is 9.10. The molecule has 0 aliphatic carbocycles. The van der Waals surface area contributed by atoms with Crippen molar-refractivity contribution in [3.05, 3.63) is 104 Å². The van der Waals surface area contributed by atoms with Gasteiger partial charge in [0, 0.05) is 124 Å². The Bertz CT molecular complexity index is 2770. The minimum atomic E-state index is -1.07. The van der Waals surface area contributed by atoms with E-state index in [0.29, 0.717) is 54.0 Å². The number of carbonyl (C=O) groups excluding carboxylic acids is 4. The van der Waals surface area contributed by atoms with Crippen LogP contribution in [0.5, 0.6) is 0 Å². The first-order valence-corrected chi connectivity index (χ1v) is 26.8. The fourth-order valence-corrected chi connectivity index (χ4v) is 7.85. The third kappa shape index (κ3) is 26.6. The van der Waals surface area contributed by atoms with Crippen molar-refractivity contribution in [1.82, 2.24) is 50.6 Å². The third-order valence-corrected chi connectivity index (χ3v) is 12.2. The van der Waals surface area contributed by atoms with Gasteiger partial charge in [0.1, 0.15) is 34.4 Å². The van der Waals surface area contributed by atoms with Crippen LogP contribution >= 0.6 is 48.8 Å². The predicted octanol–water partition coefficient (Wildman–Crippen LogP) is 3.10. The summed E-state index contributed by atoms with van der Waals surface area (Å²) in [5.74, 6) is -2.89. The van der Waals surface area contributed by atoms with E-state index in [2.05, 4.69) is 82.4 Å². The van der Waals surface area contributed by atoms with E-state index < -0.39 is 23.5 Å². The molecule has 0 atom stereocenters.